The van der Waals surface area contributed by atoms with Crippen molar-refractivity contribution >= 4 is 11.9 Å². The van der Waals surface area contributed by atoms with Crippen LogP contribution in [0, 0.1) is 0 Å². The van der Waals surface area contributed by atoms with Crippen molar-refractivity contribution in [3.63, 3.8) is 0 Å². The van der Waals surface area contributed by atoms with Crippen molar-refractivity contribution < 1.29 is 22.7 Å². The first kappa shape index (κ1) is 21.8. The molecular formula is C19H27F3N4O2. The van der Waals surface area contributed by atoms with Crippen LogP contribution in [0.5, 0.6) is 5.75 Å². The molecule has 2 rings (SSSR count). The van der Waals surface area contributed by atoms with Crippen LogP contribution in [-0.4, -0.2) is 49.6 Å². The molecule has 1 heterocycles. The number of aliphatic imine (C=N–C) groups is 1. The molecule has 0 saturated carbocycles. The number of likely N-dealkylation sites (tertiary alicyclic amines) is 1. The van der Waals surface area contributed by atoms with E-state index in [0.717, 1.165) is 12.5 Å². The van der Waals surface area contributed by atoms with Crippen molar-refractivity contribution in [3.8, 4) is 5.75 Å². The van der Waals surface area contributed by atoms with Gasteiger partial charge in [-0.3, -0.25) is 4.79 Å². The smallest absolute Gasteiger partial charge is 0.416 e. The van der Waals surface area contributed by atoms with E-state index in [0.29, 0.717) is 32.0 Å². The molecule has 2 N–H and O–H groups in total. The van der Waals surface area contributed by atoms with E-state index in [1.807, 2.05) is 13.8 Å². The van der Waals surface area contributed by atoms with E-state index in [1.54, 1.807) is 4.90 Å². The van der Waals surface area contributed by atoms with Gasteiger partial charge in [0, 0.05) is 32.1 Å². The molecular weight excluding hydrogens is 373 g/mol. The maximum Gasteiger partial charge on any atom is 0.416 e. The fraction of sp³-hybridized carbons (Fsp3) is 0.579. The normalized spacial score (nSPS) is 17.6. The lowest BCUT2D eigenvalue weighted by atomic mass is 10.1. The number of benzene rings is 1. The molecule has 1 aliphatic rings. The number of halogens is 3. The minimum atomic E-state index is -4.49. The fourth-order valence-corrected chi connectivity index (χ4v) is 3.09. The summed E-state index contributed by atoms with van der Waals surface area (Å²) in [5.74, 6) is 0.679. The van der Waals surface area contributed by atoms with Crippen LogP contribution < -0.4 is 15.4 Å². The van der Waals surface area contributed by atoms with Gasteiger partial charge in [0.1, 0.15) is 5.75 Å². The Morgan fingerprint density at radius 2 is 2.11 bits per heavy atom. The number of carbonyl (C=O) groups excluding carboxylic acids is 1. The average molecular weight is 400 g/mol. The number of carbonyl (C=O) groups is 1. The lowest BCUT2D eigenvalue weighted by molar-refractivity contribution is -0.138. The minimum Gasteiger partial charge on any atom is -0.497 e. The predicted molar refractivity (Wildman–Crippen MR) is 101 cm³/mol. The Labute approximate surface area is 163 Å². The molecule has 1 unspecified atom stereocenters. The van der Waals surface area contributed by atoms with Gasteiger partial charge in [-0.1, -0.05) is 13.0 Å². The minimum absolute atomic E-state index is 0.0197. The van der Waals surface area contributed by atoms with Gasteiger partial charge in [0.25, 0.3) is 0 Å². The number of methoxy groups -OCH3 is 1. The van der Waals surface area contributed by atoms with E-state index >= 15 is 0 Å². The topological polar surface area (TPSA) is 66.0 Å². The van der Waals surface area contributed by atoms with E-state index in [4.69, 9.17) is 4.74 Å². The summed E-state index contributed by atoms with van der Waals surface area (Å²) in [7, 11) is 1.33. The second kappa shape index (κ2) is 9.66. The van der Waals surface area contributed by atoms with Gasteiger partial charge in [0.05, 0.1) is 19.2 Å². The van der Waals surface area contributed by atoms with Crippen LogP contribution >= 0.6 is 0 Å². The van der Waals surface area contributed by atoms with Crippen LogP contribution in [0.1, 0.15) is 37.8 Å². The SMILES string of the molecule is CCNC(=NCc1ccc(OC)cc1C(F)(F)F)NC1CCN(C(=O)CC)C1. The molecule has 1 fully saturated rings. The molecule has 0 bridgehead atoms. The quantitative estimate of drug-likeness (QED) is 0.569. The van der Waals surface area contributed by atoms with Crippen LogP contribution in [0.2, 0.25) is 0 Å². The third kappa shape index (κ3) is 5.77. The highest BCUT2D eigenvalue weighted by molar-refractivity contribution is 5.80. The molecule has 1 aromatic rings. The van der Waals surface area contributed by atoms with Crippen LogP contribution in [-0.2, 0) is 17.5 Å². The van der Waals surface area contributed by atoms with Gasteiger partial charge >= 0.3 is 6.18 Å². The van der Waals surface area contributed by atoms with Crippen LogP contribution in [0.15, 0.2) is 23.2 Å². The summed E-state index contributed by atoms with van der Waals surface area (Å²) in [6.45, 7) is 5.38. The second-order valence-corrected chi connectivity index (χ2v) is 6.54. The lowest BCUT2D eigenvalue weighted by Crippen LogP contribution is -2.45. The molecule has 28 heavy (non-hydrogen) atoms. The van der Waals surface area contributed by atoms with Gasteiger partial charge < -0.3 is 20.3 Å². The molecule has 0 radical (unpaired) electrons. The van der Waals surface area contributed by atoms with E-state index < -0.39 is 11.7 Å². The summed E-state index contributed by atoms with van der Waals surface area (Å²) < 4.78 is 44.9. The molecule has 1 aromatic carbocycles. The summed E-state index contributed by atoms with van der Waals surface area (Å²) in [4.78, 5) is 17.9. The third-order valence-corrected chi connectivity index (χ3v) is 4.56. The maximum absolute atomic E-state index is 13.3. The molecule has 0 aromatic heterocycles. The van der Waals surface area contributed by atoms with Gasteiger partial charge in [-0.15, -0.1) is 0 Å². The van der Waals surface area contributed by atoms with Gasteiger partial charge in [-0.05, 0) is 31.0 Å². The van der Waals surface area contributed by atoms with Gasteiger partial charge in [-0.25, -0.2) is 4.99 Å². The summed E-state index contributed by atoms with van der Waals surface area (Å²) in [6, 6.07) is 3.87. The Bertz CT molecular complexity index is 707. The second-order valence-electron chi connectivity index (χ2n) is 6.54. The van der Waals surface area contributed by atoms with E-state index in [2.05, 4.69) is 15.6 Å². The zero-order valence-electron chi connectivity index (χ0n) is 16.4. The monoisotopic (exact) mass is 400 g/mol. The van der Waals surface area contributed by atoms with Gasteiger partial charge in [0.15, 0.2) is 5.96 Å². The molecule has 1 amide bonds. The highest BCUT2D eigenvalue weighted by Gasteiger charge is 2.33. The highest BCUT2D eigenvalue weighted by atomic mass is 19.4. The molecule has 1 atom stereocenters. The van der Waals surface area contributed by atoms with Crippen molar-refractivity contribution in [1.82, 2.24) is 15.5 Å². The number of alkyl halides is 3. The van der Waals surface area contributed by atoms with Crippen molar-refractivity contribution in [2.24, 2.45) is 4.99 Å². The zero-order valence-corrected chi connectivity index (χ0v) is 16.4. The molecule has 1 aliphatic heterocycles. The number of guanidine groups is 1. The Balaban J connectivity index is 2.12. The molecule has 156 valence electrons. The average Bonchev–Trinajstić information content (AvgIpc) is 3.13. The number of ether oxygens (including phenoxy) is 1. The maximum atomic E-state index is 13.3. The molecule has 9 heteroatoms. The summed E-state index contributed by atoms with van der Waals surface area (Å²) in [5, 5.41) is 6.26. The Hall–Kier alpha value is -2.45. The number of nitrogens with one attached hydrogen (secondary N) is 2. The summed E-state index contributed by atoms with van der Waals surface area (Å²) >= 11 is 0. The van der Waals surface area contributed by atoms with Crippen molar-refractivity contribution in [1.29, 1.82) is 0 Å². The van der Waals surface area contributed by atoms with Crippen molar-refractivity contribution in [3.05, 3.63) is 29.3 Å². The third-order valence-electron chi connectivity index (χ3n) is 4.56. The number of rotatable bonds is 6. The largest absolute Gasteiger partial charge is 0.497 e. The number of amides is 1. The van der Waals surface area contributed by atoms with E-state index in [9.17, 15) is 18.0 Å². The molecule has 0 aliphatic carbocycles. The van der Waals surface area contributed by atoms with E-state index in [-0.39, 0.29) is 29.8 Å². The Morgan fingerprint density at radius 3 is 2.71 bits per heavy atom. The van der Waals surface area contributed by atoms with E-state index in [1.165, 1.54) is 19.2 Å². The summed E-state index contributed by atoms with van der Waals surface area (Å²) in [5.41, 5.74) is -0.688. The predicted octanol–water partition coefficient (Wildman–Crippen LogP) is 2.78. The highest BCUT2D eigenvalue weighted by Crippen LogP contribution is 2.34. The lowest BCUT2D eigenvalue weighted by Gasteiger charge is -2.19. The van der Waals surface area contributed by atoms with Gasteiger partial charge in [0.2, 0.25) is 5.91 Å². The van der Waals surface area contributed by atoms with Crippen LogP contribution in [0.3, 0.4) is 0 Å². The van der Waals surface area contributed by atoms with Crippen LogP contribution in [0.4, 0.5) is 13.2 Å². The van der Waals surface area contributed by atoms with Crippen molar-refractivity contribution in [2.45, 2.75) is 45.5 Å². The number of hydrogen-bond acceptors (Lipinski definition) is 3. The molecule has 6 nitrogen and oxygen atoms in total. The molecule has 1 saturated heterocycles. The first-order chi connectivity index (χ1) is 13.3. The first-order valence-corrected chi connectivity index (χ1v) is 9.35. The number of hydrogen-bond donors (Lipinski definition) is 2. The fourth-order valence-electron chi connectivity index (χ4n) is 3.09. The molecule has 0 spiro atoms. The summed E-state index contributed by atoms with van der Waals surface area (Å²) in [6.07, 6.45) is -3.26. The number of nitrogens with zero attached hydrogens (tertiary/aromatic N) is 2. The zero-order chi connectivity index (χ0) is 20.7. The Kier molecular flexibility index (Phi) is 7.53. The standard InChI is InChI=1S/C19H27F3N4O2/c1-4-17(27)26-9-8-14(12-26)25-18(23-5-2)24-11-13-6-7-15(28-3)10-16(13)19(20,21)22/h6-7,10,14H,4-5,8-9,11-12H2,1-3H3,(H2,23,24,25). The Morgan fingerprint density at radius 1 is 1.36 bits per heavy atom. The van der Waals surface area contributed by atoms with Crippen LogP contribution in [0.25, 0.3) is 0 Å². The van der Waals surface area contributed by atoms with Gasteiger partial charge in [-0.2, -0.15) is 13.2 Å². The first-order valence-electron chi connectivity index (χ1n) is 9.35. The van der Waals surface area contributed by atoms with Crippen molar-refractivity contribution in [2.75, 3.05) is 26.7 Å².